The molecule has 1 aliphatic heterocycles. The van der Waals surface area contributed by atoms with Crippen molar-refractivity contribution in [2.24, 2.45) is 5.92 Å². The third-order valence-corrected chi connectivity index (χ3v) is 3.02. The van der Waals surface area contributed by atoms with Gasteiger partial charge in [0.1, 0.15) is 5.82 Å². The molecular formula is C13H14FN3O. The summed E-state index contributed by atoms with van der Waals surface area (Å²) in [6, 6.07) is 5.87. The Morgan fingerprint density at radius 3 is 3.00 bits per heavy atom. The smallest absolute Gasteiger partial charge is 0.228 e. The van der Waals surface area contributed by atoms with Gasteiger partial charge in [-0.15, -0.1) is 0 Å². The molecule has 94 valence electrons. The molecule has 0 aliphatic carbocycles. The number of nitrogens with one attached hydrogen (secondary N) is 2. The molecular weight excluding hydrogens is 233 g/mol. The minimum absolute atomic E-state index is 0.117. The number of nitrogens with zero attached hydrogens (tertiary/aromatic N) is 1. The summed E-state index contributed by atoms with van der Waals surface area (Å²) >= 11 is 0. The van der Waals surface area contributed by atoms with Crippen LogP contribution in [-0.4, -0.2) is 19.0 Å². The number of benzene rings is 1. The first-order chi connectivity index (χ1) is 8.70. The quantitative estimate of drug-likeness (QED) is 0.835. The lowest BCUT2D eigenvalue weighted by molar-refractivity contribution is -0.120. The number of rotatable bonds is 2. The number of piperidine rings is 1. The van der Waals surface area contributed by atoms with Crippen molar-refractivity contribution in [2.75, 3.05) is 18.4 Å². The number of nitriles is 1. The highest BCUT2D eigenvalue weighted by Crippen LogP contribution is 2.18. The number of hydrogen-bond donors (Lipinski definition) is 2. The van der Waals surface area contributed by atoms with E-state index in [4.69, 9.17) is 5.26 Å². The van der Waals surface area contributed by atoms with E-state index < -0.39 is 5.82 Å². The molecule has 0 saturated carbocycles. The lowest BCUT2D eigenvalue weighted by Crippen LogP contribution is -2.37. The molecule has 1 amide bonds. The molecule has 0 aromatic heterocycles. The maximum atomic E-state index is 13.6. The third-order valence-electron chi connectivity index (χ3n) is 3.02. The van der Waals surface area contributed by atoms with Crippen LogP contribution >= 0.6 is 0 Å². The van der Waals surface area contributed by atoms with Crippen molar-refractivity contribution in [3.05, 3.63) is 29.6 Å². The van der Waals surface area contributed by atoms with E-state index >= 15 is 0 Å². The maximum Gasteiger partial charge on any atom is 0.228 e. The minimum Gasteiger partial charge on any atom is -0.323 e. The van der Waals surface area contributed by atoms with Gasteiger partial charge < -0.3 is 10.6 Å². The van der Waals surface area contributed by atoms with E-state index in [1.54, 1.807) is 0 Å². The predicted octanol–water partition coefficient (Wildman–Crippen LogP) is 1.64. The van der Waals surface area contributed by atoms with Gasteiger partial charge in [0.15, 0.2) is 0 Å². The molecule has 4 nitrogen and oxygen atoms in total. The molecule has 2 rings (SSSR count). The van der Waals surface area contributed by atoms with Gasteiger partial charge in [0.25, 0.3) is 0 Å². The van der Waals surface area contributed by atoms with Crippen LogP contribution in [0.5, 0.6) is 0 Å². The number of halogens is 1. The third kappa shape index (κ3) is 2.84. The Balaban J connectivity index is 2.04. The normalized spacial score (nSPS) is 19.0. The summed E-state index contributed by atoms with van der Waals surface area (Å²) in [5, 5.41) is 14.3. The van der Waals surface area contributed by atoms with Crippen LogP contribution in [0, 0.1) is 23.1 Å². The van der Waals surface area contributed by atoms with Gasteiger partial charge in [-0.2, -0.15) is 5.26 Å². The van der Waals surface area contributed by atoms with Crippen molar-refractivity contribution in [3.8, 4) is 6.07 Å². The van der Waals surface area contributed by atoms with Gasteiger partial charge in [-0.05, 0) is 37.6 Å². The zero-order valence-corrected chi connectivity index (χ0v) is 9.87. The van der Waals surface area contributed by atoms with Crippen molar-refractivity contribution in [1.29, 1.82) is 5.26 Å². The fourth-order valence-electron chi connectivity index (χ4n) is 2.00. The van der Waals surface area contributed by atoms with Crippen LogP contribution in [0.2, 0.25) is 0 Å². The molecule has 5 heteroatoms. The largest absolute Gasteiger partial charge is 0.323 e. The SMILES string of the molecule is N#Cc1ccc(NC(=O)[C@@H]2CCCNC2)c(F)c1. The van der Waals surface area contributed by atoms with E-state index in [0.29, 0.717) is 6.54 Å². The van der Waals surface area contributed by atoms with E-state index in [-0.39, 0.29) is 23.1 Å². The van der Waals surface area contributed by atoms with E-state index in [1.807, 2.05) is 6.07 Å². The van der Waals surface area contributed by atoms with Crippen LogP contribution < -0.4 is 10.6 Å². The molecule has 1 saturated heterocycles. The van der Waals surface area contributed by atoms with Gasteiger partial charge in [-0.3, -0.25) is 4.79 Å². The second-order valence-corrected chi connectivity index (χ2v) is 4.34. The van der Waals surface area contributed by atoms with Crippen molar-refractivity contribution >= 4 is 11.6 Å². The number of amides is 1. The highest BCUT2D eigenvalue weighted by Gasteiger charge is 2.21. The lowest BCUT2D eigenvalue weighted by Gasteiger charge is -2.22. The summed E-state index contributed by atoms with van der Waals surface area (Å²) in [7, 11) is 0. The molecule has 0 bridgehead atoms. The van der Waals surface area contributed by atoms with Crippen molar-refractivity contribution in [2.45, 2.75) is 12.8 Å². The first kappa shape index (κ1) is 12.5. The molecule has 1 aromatic rings. The summed E-state index contributed by atoms with van der Waals surface area (Å²) in [5.41, 5.74) is 0.370. The van der Waals surface area contributed by atoms with E-state index in [1.165, 1.54) is 12.1 Å². The molecule has 18 heavy (non-hydrogen) atoms. The van der Waals surface area contributed by atoms with E-state index in [2.05, 4.69) is 10.6 Å². The lowest BCUT2D eigenvalue weighted by atomic mass is 9.99. The maximum absolute atomic E-state index is 13.6. The Hall–Kier alpha value is -1.93. The minimum atomic E-state index is -0.578. The molecule has 1 aliphatic rings. The number of anilines is 1. The van der Waals surface area contributed by atoms with Gasteiger partial charge in [-0.1, -0.05) is 0 Å². The summed E-state index contributed by atoms with van der Waals surface area (Å²) in [4.78, 5) is 11.9. The van der Waals surface area contributed by atoms with E-state index in [9.17, 15) is 9.18 Å². The van der Waals surface area contributed by atoms with Crippen molar-refractivity contribution in [1.82, 2.24) is 5.32 Å². The Morgan fingerprint density at radius 1 is 1.56 bits per heavy atom. The topological polar surface area (TPSA) is 64.9 Å². The second-order valence-electron chi connectivity index (χ2n) is 4.34. The van der Waals surface area contributed by atoms with Crippen LogP contribution in [0.3, 0.4) is 0 Å². The Morgan fingerprint density at radius 2 is 2.39 bits per heavy atom. The van der Waals surface area contributed by atoms with Gasteiger partial charge in [0.05, 0.1) is 23.2 Å². The van der Waals surface area contributed by atoms with Gasteiger partial charge in [-0.25, -0.2) is 4.39 Å². The highest BCUT2D eigenvalue weighted by molar-refractivity contribution is 5.92. The average Bonchev–Trinajstić information content (AvgIpc) is 2.42. The standard InChI is InChI=1S/C13H14FN3O/c14-11-6-9(7-15)3-4-12(11)17-13(18)10-2-1-5-16-8-10/h3-4,6,10,16H,1-2,5,8H2,(H,17,18)/t10-/m1/s1. The molecule has 1 aromatic carbocycles. The Bertz CT molecular complexity index is 489. The molecule has 2 N–H and O–H groups in total. The number of hydrogen-bond acceptors (Lipinski definition) is 3. The summed E-state index contributed by atoms with van der Waals surface area (Å²) < 4.78 is 13.6. The Labute approximate surface area is 105 Å². The number of carbonyl (C=O) groups is 1. The highest BCUT2D eigenvalue weighted by atomic mass is 19.1. The van der Waals surface area contributed by atoms with Crippen molar-refractivity contribution < 1.29 is 9.18 Å². The van der Waals surface area contributed by atoms with Crippen LogP contribution in [0.4, 0.5) is 10.1 Å². The first-order valence-electron chi connectivity index (χ1n) is 5.92. The van der Waals surface area contributed by atoms with Gasteiger partial charge >= 0.3 is 0 Å². The van der Waals surface area contributed by atoms with Crippen LogP contribution in [0.25, 0.3) is 0 Å². The average molecular weight is 247 g/mol. The van der Waals surface area contributed by atoms with Gasteiger partial charge in [0, 0.05) is 6.54 Å². The molecule has 1 fully saturated rings. The molecule has 0 unspecified atom stereocenters. The summed E-state index contributed by atoms with van der Waals surface area (Å²) in [5.74, 6) is -0.870. The summed E-state index contributed by atoms with van der Waals surface area (Å²) in [6.45, 7) is 1.55. The second kappa shape index (κ2) is 5.61. The summed E-state index contributed by atoms with van der Waals surface area (Å²) in [6.07, 6.45) is 1.77. The zero-order chi connectivity index (χ0) is 13.0. The molecule has 1 heterocycles. The molecule has 1 atom stereocenters. The van der Waals surface area contributed by atoms with Crippen LogP contribution in [-0.2, 0) is 4.79 Å². The zero-order valence-electron chi connectivity index (χ0n) is 9.87. The predicted molar refractivity (Wildman–Crippen MR) is 65.3 cm³/mol. The fraction of sp³-hybridized carbons (Fsp3) is 0.385. The van der Waals surface area contributed by atoms with Crippen molar-refractivity contribution in [3.63, 3.8) is 0 Å². The number of carbonyl (C=O) groups excluding carboxylic acids is 1. The fourth-order valence-corrected chi connectivity index (χ4v) is 2.00. The van der Waals surface area contributed by atoms with Crippen LogP contribution in [0.15, 0.2) is 18.2 Å². The monoisotopic (exact) mass is 247 g/mol. The van der Waals surface area contributed by atoms with E-state index in [0.717, 1.165) is 25.5 Å². The van der Waals surface area contributed by atoms with Gasteiger partial charge in [0.2, 0.25) is 5.91 Å². The Kier molecular flexibility index (Phi) is 3.90. The molecule has 0 radical (unpaired) electrons. The first-order valence-corrected chi connectivity index (χ1v) is 5.92. The molecule has 0 spiro atoms. The van der Waals surface area contributed by atoms with Crippen LogP contribution in [0.1, 0.15) is 18.4 Å².